The number of hydrogen-bond acceptors (Lipinski definition) is 5. The first-order valence-corrected chi connectivity index (χ1v) is 10.2. The Balaban J connectivity index is 1.81. The van der Waals surface area contributed by atoms with Crippen LogP contribution < -0.4 is 14.8 Å². The van der Waals surface area contributed by atoms with E-state index >= 15 is 0 Å². The second-order valence-electron chi connectivity index (χ2n) is 6.35. The van der Waals surface area contributed by atoms with Gasteiger partial charge in [-0.25, -0.2) is 8.42 Å². The van der Waals surface area contributed by atoms with Gasteiger partial charge < -0.3 is 14.8 Å². The maximum absolute atomic E-state index is 12.7. The molecule has 0 fully saturated rings. The number of hydrogen-bond donors (Lipinski definition) is 1. The van der Waals surface area contributed by atoms with Gasteiger partial charge in [0.2, 0.25) is 0 Å². The first kappa shape index (κ1) is 18.3. The lowest BCUT2D eigenvalue weighted by Crippen LogP contribution is -2.27. The first-order valence-electron chi connectivity index (χ1n) is 8.27. The van der Waals surface area contributed by atoms with Crippen LogP contribution in [0.5, 0.6) is 11.5 Å². The molecule has 1 heterocycles. The fraction of sp³-hybridized carbons (Fsp3) is 0.316. The second kappa shape index (κ2) is 6.99. The van der Waals surface area contributed by atoms with Gasteiger partial charge in [0, 0.05) is 11.8 Å². The van der Waals surface area contributed by atoms with Crippen molar-refractivity contribution in [1.29, 1.82) is 0 Å². The normalized spacial score (nSPS) is 14.6. The van der Waals surface area contributed by atoms with Gasteiger partial charge in [-0.1, -0.05) is 12.1 Å². The molecule has 6 nitrogen and oxygen atoms in total. The summed E-state index contributed by atoms with van der Waals surface area (Å²) >= 11 is 0. The predicted octanol–water partition coefficient (Wildman–Crippen LogP) is 2.66. The minimum absolute atomic E-state index is 0.125. The van der Waals surface area contributed by atoms with Crippen LogP contribution in [0.25, 0.3) is 0 Å². The van der Waals surface area contributed by atoms with E-state index in [0.29, 0.717) is 35.8 Å². The van der Waals surface area contributed by atoms with Crippen molar-refractivity contribution in [1.82, 2.24) is 5.32 Å². The van der Waals surface area contributed by atoms with Crippen LogP contribution >= 0.6 is 0 Å². The molecule has 7 heteroatoms. The monoisotopic (exact) mass is 375 g/mol. The Hall–Kier alpha value is -2.54. The second-order valence-corrected chi connectivity index (χ2v) is 8.36. The fourth-order valence-corrected chi connectivity index (χ4v) is 3.41. The standard InChI is InChI=1S/C19H21NO5S/c1-12-4-6-15(26(3,22)23)11-16(12)19(21)20-13(2)14-5-7-17-18(10-14)25-9-8-24-17/h4-7,10-11,13H,8-9H2,1-3H3,(H,20,21)/t13-/m1/s1. The minimum atomic E-state index is -3.38. The number of carbonyl (C=O) groups excluding carboxylic acids is 1. The van der Waals surface area contributed by atoms with Gasteiger partial charge in [-0.15, -0.1) is 0 Å². The zero-order valence-corrected chi connectivity index (χ0v) is 15.7. The van der Waals surface area contributed by atoms with Crippen LogP contribution in [0, 0.1) is 6.92 Å². The topological polar surface area (TPSA) is 81.7 Å². The van der Waals surface area contributed by atoms with Crippen molar-refractivity contribution in [2.24, 2.45) is 0 Å². The van der Waals surface area contributed by atoms with Crippen molar-refractivity contribution in [3.8, 4) is 11.5 Å². The quantitative estimate of drug-likeness (QED) is 0.888. The van der Waals surface area contributed by atoms with E-state index in [1.807, 2.05) is 25.1 Å². The smallest absolute Gasteiger partial charge is 0.252 e. The number of carbonyl (C=O) groups is 1. The molecule has 0 spiro atoms. The van der Waals surface area contributed by atoms with Crippen LogP contribution in [0.1, 0.15) is 34.5 Å². The molecule has 1 N–H and O–H groups in total. The molecule has 0 aliphatic carbocycles. The Morgan fingerprint density at radius 1 is 1.08 bits per heavy atom. The minimum Gasteiger partial charge on any atom is -0.486 e. The van der Waals surface area contributed by atoms with Crippen LogP contribution in [-0.4, -0.2) is 33.8 Å². The molecule has 1 atom stereocenters. The van der Waals surface area contributed by atoms with E-state index in [1.165, 1.54) is 12.1 Å². The zero-order valence-electron chi connectivity index (χ0n) is 14.9. The maximum atomic E-state index is 12.7. The van der Waals surface area contributed by atoms with Crippen molar-refractivity contribution in [3.05, 3.63) is 53.1 Å². The van der Waals surface area contributed by atoms with E-state index in [9.17, 15) is 13.2 Å². The molecule has 0 radical (unpaired) electrons. The Kier molecular flexibility index (Phi) is 4.91. The molecular formula is C19H21NO5S. The van der Waals surface area contributed by atoms with Gasteiger partial charge in [0.25, 0.3) is 5.91 Å². The molecule has 0 saturated heterocycles. The highest BCUT2D eigenvalue weighted by atomic mass is 32.2. The number of rotatable bonds is 4. The van der Waals surface area contributed by atoms with Crippen molar-refractivity contribution in [2.75, 3.05) is 19.5 Å². The van der Waals surface area contributed by atoms with Crippen LogP contribution in [0.3, 0.4) is 0 Å². The number of aryl methyl sites for hydroxylation is 1. The summed E-state index contributed by atoms with van der Waals surface area (Å²) in [5.41, 5.74) is 1.93. The van der Waals surface area contributed by atoms with Gasteiger partial charge in [0.1, 0.15) is 13.2 Å². The molecule has 1 amide bonds. The molecule has 2 aromatic rings. The van der Waals surface area contributed by atoms with Crippen molar-refractivity contribution >= 4 is 15.7 Å². The highest BCUT2D eigenvalue weighted by Gasteiger charge is 2.19. The largest absolute Gasteiger partial charge is 0.486 e. The van der Waals surface area contributed by atoms with E-state index in [2.05, 4.69) is 5.32 Å². The van der Waals surface area contributed by atoms with Gasteiger partial charge in [0.05, 0.1) is 10.9 Å². The number of benzene rings is 2. The number of sulfone groups is 1. The molecule has 2 aromatic carbocycles. The molecule has 138 valence electrons. The van der Waals surface area contributed by atoms with Gasteiger partial charge in [-0.3, -0.25) is 4.79 Å². The molecule has 0 unspecified atom stereocenters. The lowest BCUT2D eigenvalue weighted by Gasteiger charge is -2.21. The molecule has 0 aromatic heterocycles. The molecular weight excluding hydrogens is 354 g/mol. The zero-order chi connectivity index (χ0) is 18.9. The molecule has 1 aliphatic rings. The molecule has 0 saturated carbocycles. The van der Waals surface area contributed by atoms with Crippen molar-refractivity contribution in [3.63, 3.8) is 0 Å². The van der Waals surface area contributed by atoms with Gasteiger partial charge in [-0.2, -0.15) is 0 Å². The SMILES string of the molecule is Cc1ccc(S(C)(=O)=O)cc1C(=O)N[C@H](C)c1ccc2c(c1)OCCO2. The summed E-state index contributed by atoms with van der Waals surface area (Å²) in [4.78, 5) is 12.8. The number of amides is 1. The predicted molar refractivity (Wildman–Crippen MR) is 97.6 cm³/mol. The third kappa shape index (κ3) is 3.83. The summed E-state index contributed by atoms with van der Waals surface area (Å²) in [6.45, 7) is 4.65. The lowest BCUT2D eigenvalue weighted by atomic mass is 10.0. The first-order chi connectivity index (χ1) is 12.3. The summed E-state index contributed by atoms with van der Waals surface area (Å²) in [5, 5.41) is 2.91. The van der Waals surface area contributed by atoms with E-state index in [0.717, 1.165) is 11.8 Å². The fourth-order valence-electron chi connectivity index (χ4n) is 2.76. The molecule has 0 bridgehead atoms. The Morgan fingerprint density at radius 3 is 2.46 bits per heavy atom. The van der Waals surface area contributed by atoms with Crippen LogP contribution in [-0.2, 0) is 9.84 Å². The maximum Gasteiger partial charge on any atom is 0.252 e. The van der Waals surface area contributed by atoms with E-state index in [-0.39, 0.29) is 16.8 Å². The highest BCUT2D eigenvalue weighted by Crippen LogP contribution is 2.32. The van der Waals surface area contributed by atoms with Crippen LogP contribution in [0.4, 0.5) is 0 Å². The van der Waals surface area contributed by atoms with Crippen molar-refractivity contribution in [2.45, 2.75) is 24.8 Å². The Bertz CT molecular complexity index is 952. The summed E-state index contributed by atoms with van der Waals surface area (Å²) in [5.74, 6) is 1.02. The third-order valence-electron chi connectivity index (χ3n) is 4.30. The highest BCUT2D eigenvalue weighted by molar-refractivity contribution is 7.90. The molecule has 26 heavy (non-hydrogen) atoms. The average Bonchev–Trinajstić information content (AvgIpc) is 2.60. The molecule has 3 rings (SSSR count). The lowest BCUT2D eigenvalue weighted by molar-refractivity contribution is 0.0939. The number of nitrogens with one attached hydrogen (secondary N) is 1. The summed E-state index contributed by atoms with van der Waals surface area (Å²) < 4.78 is 34.6. The van der Waals surface area contributed by atoms with Crippen LogP contribution in [0.15, 0.2) is 41.3 Å². The number of ether oxygens (including phenoxy) is 2. The summed E-state index contributed by atoms with van der Waals surface area (Å²) in [6, 6.07) is 9.82. The number of fused-ring (bicyclic) bond motifs is 1. The third-order valence-corrected chi connectivity index (χ3v) is 5.41. The Labute approximate surface area is 153 Å². The van der Waals surface area contributed by atoms with E-state index < -0.39 is 9.84 Å². The average molecular weight is 375 g/mol. The van der Waals surface area contributed by atoms with E-state index in [4.69, 9.17) is 9.47 Å². The van der Waals surface area contributed by atoms with E-state index in [1.54, 1.807) is 13.0 Å². The van der Waals surface area contributed by atoms with Gasteiger partial charge in [-0.05, 0) is 49.2 Å². The summed E-state index contributed by atoms with van der Waals surface area (Å²) in [6.07, 6.45) is 1.12. The van der Waals surface area contributed by atoms with Crippen molar-refractivity contribution < 1.29 is 22.7 Å². The van der Waals surface area contributed by atoms with Crippen LogP contribution in [0.2, 0.25) is 0 Å². The Morgan fingerprint density at radius 2 is 1.77 bits per heavy atom. The molecule has 1 aliphatic heterocycles. The summed E-state index contributed by atoms with van der Waals surface area (Å²) in [7, 11) is -3.38. The van der Waals surface area contributed by atoms with Gasteiger partial charge in [0.15, 0.2) is 21.3 Å². The van der Waals surface area contributed by atoms with Gasteiger partial charge >= 0.3 is 0 Å².